The molecule has 4 aromatic rings. The average Bonchev–Trinajstić information content (AvgIpc) is 3.65. The number of aromatic nitrogens is 4. The second kappa shape index (κ2) is 18.3. The molecule has 0 aliphatic carbocycles. The number of hydrogen-bond acceptors (Lipinski definition) is 19. The van der Waals surface area contributed by atoms with Crippen molar-refractivity contribution < 1.29 is 77.0 Å². The van der Waals surface area contributed by atoms with Gasteiger partial charge in [-0.25, -0.2) is 14.3 Å². The number of carboxylic acids is 3. The van der Waals surface area contributed by atoms with Gasteiger partial charge in [-0.2, -0.15) is 0 Å². The number of nitrogens with one attached hydrogen (secondary N) is 2. The number of aliphatic carboxylic acids is 3. The highest BCUT2D eigenvalue weighted by molar-refractivity contribution is 8.01. The highest BCUT2D eigenvalue weighted by Crippen LogP contribution is 2.47. The van der Waals surface area contributed by atoms with E-state index >= 15 is 0 Å². The standard InChI is InChI=1S/C37H33N7O17S2/c1-15-27(30(51)21-9-23(60-16(2)45)24(61-17(3)46)10-22(21)59-15)31(52)38-28(18-5-7-20(8-6-18)58-12-26(49)50)32(53)39-37(57-4)34(56)44-29(33(54)55)19(13-62-35(37)44)14-63-36-40-41-42-43(36)11-25(47)48/h5-10,28,35H,11-14H2,1-4H3,(H,38,52)(H,39,53)(H,47,48)(H,49,50)(H,54,55)/t28?,35-,37-/m0/s1. The maximum absolute atomic E-state index is 14.4. The second-order valence-corrected chi connectivity index (χ2v) is 15.3. The molecule has 2 aliphatic heterocycles. The first kappa shape index (κ1) is 45.2. The van der Waals surface area contributed by atoms with Gasteiger partial charge in [0.05, 0.1) is 5.39 Å². The first-order valence-corrected chi connectivity index (χ1v) is 20.0. The molecule has 1 fully saturated rings. The van der Waals surface area contributed by atoms with E-state index in [2.05, 4.69) is 26.2 Å². The number of carboxylic acid groups (broad SMARTS) is 3. The Bertz CT molecular complexity index is 2680. The third-order valence-corrected chi connectivity index (χ3v) is 11.5. The number of ether oxygens (including phenoxy) is 4. The van der Waals surface area contributed by atoms with E-state index in [4.69, 9.17) is 33.6 Å². The van der Waals surface area contributed by atoms with Crippen molar-refractivity contribution in [2.24, 2.45) is 0 Å². The SMILES string of the molecule is CO[C@@]1(NC(=O)C(NC(=O)c2c(C)oc3cc(OC(C)=O)c(OC(C)=O)cc3c2=O)c2ccc(OCC(=O)O)cc2)C(=O)N2C(C(=O)O)=C(CSc3nnnn3CC(=O)O)CS[C@H]21. The molecule has 26 heteroatoms. The lowest BCUT2D eigenvalue weighted by atomic mass is 9.96. The van der Waals surface area contributed by atoms with E-state index in [1.165, 1.54) is 31.2 Å². The number of tetrazole rings is 1. The normalized spacial score (nSPS) is 17.2. The van der Waals surface area contributed by atoms with E-state index in [0.29, 0.717) is 0 Å². The number of methoxy groups -OCH3 is 1. The quantitative estimate of drug-likeness (QED) is 0.0316. The zero-order chi connectivity index (χ0) is 45.9. The number of hydrogen-bond donors (Lipinski definition) is 5. The number of benzene rings is 2. The minimum absolute atomic E-state index is 0.0128. The van der Waals surface area contributed by atoms with Crippen LogP contribution in [0.15, 0.2) is 62.0 Å². The molecule has 2 aromatic carbocycles. The first-order valence-electron chi connectivity index (χ1n) is 18.0. The number of thioether (sulfide) groups is 2. The summed E-state index contributed by atoms with van der Waals surface area (Å²) in [6.45, 7) is 2.15. The van der Waals surface area contributed by atoms with Gasteiger partial charge in [-0.05, 0) is 46.7 Å². The van der Waals surface area contributed by atoms with Crippen molar-refractivity contribution in [3.05, 3.63) is 74.8 Å². The third kappa shape index (κ3) is 9.31. The molecule has 0 saturated carbocycles. The van der Waals surface area contributed by atoms with Gasteiger partial charge in [0.2, 0.25) is 16.5 Å². The number of nitrogens with zero attached hydrogens (tertiary/aromatic N) is 5. The lowest BCUT2D eigenvalue weighted by Gasteiger charge is -2.56. The molecule has 2 aliphatic rings. The number of amides is 3. The molecule has 0 bridgehead atoms. The number of carbonyl (C=O) groups is 8. The Labute approximate surface area is 360 Å². The van der Waals surface area contributed by atoms with Crippen LogP contribution in [0.5, 0.6) is 17.2 Å². The fourth-order valence-corrected chi connectivity index (χ4v) is 8.89. The van der Waals surface area contributed by atoms with Crippen LogP contribution in [0.1, 0.15) is 41.6 Å². The minimum Gasteiger partial charge on any atom is -0.482 e. The van der Waals surface area contributed by atoms with Crippen LogP contribution in [0.25, 0.3) is 11.0 Å². The summed E-state index contributed by atoms with van der Waals surface area (Å²) in [5.41, 5.74) is -4.09. The van der Waals surface area contributed by atoms with Gasteiger partial charge >= 0.3 is 29.8 Å². The Kier molecular flexibility index (Phi) is 13.2. The lowest BCUT2D eigenvalue weighted by molar-refractivity contribution is -0.192. The average molecular weight is 912 g/mol. The van der Waals surface area contributed by atoms with Crippen molar-refractivity contribution in [2.45, 2.75) is 49.6 Å². The molecule has 3 amide bonds. The molecule has 4 heterocycles. The van der Waals surface area contributed by atoms with Gasteiger partial charge in [-0.3, -0.25) is 38.5 Å². The van der Waals surface area contributed by atoms with E-state index in [1.807, 2.05) is 0 Å². The molecule has 1 saturated heterocycles. The number of rotatable bonds is 17. The second-order valence-electron chi connectivity index (χ2n) is 13.3. The molecule has 1 unspecified atom stereocenters. The topological polar surface area (TPSA) is 335 Å². The molecule has 2 aromatic heterocycles. The van der Waals surface area contributed by atoms with Gasteiger partial charge in [-0.1, -0.05) is 23.9 Å². The summed E-state index contributed by atoms with van der Waals surface area (Å²) in [7, 11) is 1.09. The van der Waals surface area contributed by atoms with Crippen LogP contribution < -0.4 is 30.3 Å². The smallest absolute Gasteiger partial charge is 0.352 e. The molecular formula is C37H33N7O17S2. The van der Waals surface area contributed by atoms with Gasteiger partial charge in [0.15, 0.2) is 18.1 Å². The van der Waals surface area contributed by atoms with Crippen LogP contribution in [0.2, 0.25) is 0 Å². The number of aryl methyl sites for hydroxylation is 1. The van der Waals surface area contributed by atoms with Gasteiger partial charge in [0.25, 0.3) is 17.5 Å². The van der Waals surface area contributed by atoms with E-state index in [-0.39, 0.29) is 61.8 Å². The predicted molar refractivity (Wildman–Crippen MR) is 211 cm³/mol. The highest BCUT2D eigenvalue weighted by Gasteiger charge is 2.67. The largest absolute Gasteiger partial charge is 0.482 e. The molecule has 24 nitrogen and oxygen atoms in total. The highest BCUT2D eigenvalue weighted by atomic mass is 32.2. The predicted octanol–water partition coefficient (Wildman–Crippen LogP) is 0.463. The van der Waals surface area contributed by atoms with Crippen LogP contribution >= 0.6 is 23.5 Å². The Morgan fingerprint density at radius 1 is 1.00 bits per heavy atom. The molecule has 0 spiro atoms. The fourth-order valence-electron chi connectivity index (χ4n) is 6.44. The molecular weight excluding hydrogens is 879 g/mol. The van der Waals surface area contributed by atoms with Gasteiger partial charge in [0.1, 0.15) is 46.3 Å². The van der Waals surface area contributed by atoms with Crippen molar-refractivity contribution >= 4 is 82.1 Å². The molecule has 0 radical (unpaired) electrons. The monoisotopic (exact) mass is 911 g/mol. The van der Waals surface area contributed by atoms with E-state index in [9.17, 15) is 48.3 Å². The molecule has 6 rings (SSSR count). The van der Waals surface area contributed by atoms with E-state index in [0.717, 1.165) is 66.2 Å². The summed E-state index contributed by atoms with van der Waals surface area (Å²) in [4.78, 5) is 116. The van der Waals surface area contributed by atoms with Gasteiger partial charge in [0, 0.05) is 38.5 Å². The van der Waals surface area contributed by atoms with Crippen molar-refractivity contribution in [3.8, 4) is 17.2 Å². The van der Waals surface area contributed by atoms with Crippen molar-refractivity contribution in [1.82, 2.24) is 35.7 Å². The van der Waals surface area contributed by atoms with Crippen LogP contribution in [0, 0.1) is 6.92 Å². The molecule has 3 atom stereocenters. The minimum atomic E-state index is -2.20. The van der Waals surface area contributed by atoms with Gasteiger partial charge in [-0.15, -0.1) is 16.9 Å². The zero-order valence-electron chi connectivity index (χ0n) is 33.1. The molecule has 5 N–H and O–H groups in total. The lowest BCUT2D eigenvalue weighted by Crippen LogP contribution is -2.81. The Morgan fingerprint density at radius 3 is 2.27 bits per heavy atom. The Morgan fingerprint density at radius 2 is 1.67 bits per heavy atom. The Balaban J connectivity index is 1.32. The van der Waals surface area contributed by atoms with E-state index in [1.54, 1.807) is 0 Å². The summed E-state index contributed by atoms with van der Waals surface area (Å²) in [6.07, 6.45) is 0. The van der Waals surface area contributed by atoms with Crippen LogP contribution in [0.4, 0.5) is 0 Å². The van der Waals surface area contributed by atoms with Crippen LogP contribution in [-0.2, 0) is 44.8 Å². The summed E-state index contributed by atoms with van der Waals surface area (Å²) >= 11 is 1.96. The number of β-lactam (4-membered cyclic amide) rings is 1. The van der Waals surface area contributed by atoms with E-state index < -0.39 is 94.5 Å². The molecule has 63 heavy (non-hydrogen) atoms. The summed E-state index contributed by atoms with van der Waals surface area (Å²) in [6, 6.07) is 5.57. The first-order chi connectivity index (χ1) is 29.8. The molecule has 330 valence electrons. The van der Waals surface area contributed by atoms with Crippen molar-refractivity contribution in [2.75, 3.05) is 25.2 Å². The van der Waals surface area contributed by atoms with Crippen molar-refractivity contribution in [3.63, 3.8) is 0 Å². The number of fused-ring (bicyclic) bond motifs is 2. The zero-order valence-corrected chi connectivity index (χ0v) is 34.7. The third-order valence-electron chi connectivity index (χ3n) is 9.08. The van der Waals surface area contributed by atoms with Gasteiger partial charge < -0.3 is 49.3 Å². The van der Waals surface area contributed by atoms with Crippen LogP contribution in [-0.4, -0.2) is 124 Å². The number of carbonyl (C=O) groups excluding carboxylic acids is 5. The number of esters is 2. The summed E-state index contributed by atoms with van der Waals surface area (Å²) < 4.78 is 27.8. The van der Waals surface area contributed by atoms with Crippen molar-refractivity contribution in [1.29, 1.82) is 0 Å². The Hall–Kier alpha value is -7.32. The summed E-state index contributed by atoms with van der Waals surface area (Å²) in [5.74, 6) is -9.74. The maximum Gasteiger partial charge on any atom is 0.352 e. The maximum atomic E-state index is 14.4. The summed E-state index contributed by atoms with van der Waals surface area (Å²) in [5, 5.41) is 42.9. The van der Waals surface area contributed by atoms with Crippen LogP contribution in [0.3, 0.4) is 0 Å². The fraction of sp³-hybridized carbons (Fsp3) is 0.297.